The maximum absolute atomic E-state index is 11.2. The van der Waals surface area contributed by atoms with E-state index >= 15 is 0 Å². The van der Waals surface area contributed by atoms with Crippen molar-refractivity contribution in [2.45, 2.75) is 33.1 Å². The maximum Gasteiger partial charge on any atom is 0.307 e. The number of methoxy groups -OCH3 is 1. The molecule has 0 aliphatic heterocycles. The lowest BCUT2D eigenvalue weighted by Crippen LogP contribution is -2.24. The number of hydrogen-bond donors (Lipinski definition) is 0. The molecule has 0 bridgehead atoms. The van der Waals surface area contributed by atoms with Gasteiger partial charge < -0.3 is 9.64 Å². The lowest BCUT2D eigenvalue weighted by molar-refractivity contribution is -0.140. The van der Waals surface area contributed by atoms with E-state index in [-0.39, 0.29) is 5.97 Å². The molecule has 0 spiro atoms. The molecule has 0 aromatic heterocycles. The number of benzene rings is 1. The number of rotatable bonds is 6. The van der Waals surface area contributed by atoms with Gasteiger partial charge in [-0.15, -0.1) is 0 Å². The summed E-state index contributed by atoms with van der Waals surface area (Å²) in [5, 5.41) is 0. The Morgan fingerprint density at radius 2 is 1.78 bits per heavy atom. The van der Waals surface area contributed by atoms with Gasteiger partial charge in [-0.2, -0.15) is 0 Å². The Kier molecular flexibility index (Phi) is 5.69. The number of hydrogen-bond acceptors (Lipinski definition) is 3. The van der Waals surface area contributed by atoms with Crippen LogP contribution in [-0.2, 0) is 22.4 Å². The van der Waals surface area contributed by atoms with Gasteiger partial charge in [-0.25, -0.2) is 0 Å². The van der Waals surface area contributed by atoms with E-state index in [1.807, 2.05) is 7.05 Å². The van der Waals surface area contributed by atoms with Crippen LogP contribution < -0.4 is 4.90 Å². The number of anilines is 1. The largest absolute Gasteiger partial charge is 0.469 e. The van der Waals surface area contributed by atoms with Gasteiger partial charge in [-0.05, 0) is 24.0 Å². The van der Waals surface area contributed by atoms with E-state index in [2.05, 4.69) is 41.7 Å². The van der Waals surface area contributed by atoms with E-state index in [1.165, 1.54) is 23.9 Å². The van der Waals surface area contributed by atoms with Crippen LogP contribution in [0, 0.1) is 0 Å². The first-order valence-corrected chi connectivity index (χ1v) is 6.52. The summed E-state index contributed by atoms with van der Waals surface area (Å²) in [5.74, 6) is -0.158. The monoisotopic (exact) mass is 249 g/mol. The van der Waals surface area contributed by atoms with E-state index in [0.717, 1.165) is 12.8 Å². The minimum atomic E-state index is -0.158. The SMILES string of the molecule is CCc1cccc(CC)c1N(C)CCC(=O)OC. The average Bonchev–Trinajstić information content (AvgIpc) is 2.43. The third-order valence-electron chi connectivity index (χ3n) is 3.23. The highest BCUT2D eigenvalue weighted by Gasteiger charge is 2.12. The molecule has 18 heavy (non-hydrogen) atoms. The third-order valence-corrected chi connectivity index (χ3v) is 3.23. The summed E-state index contributed by atoms with van der Waals surface area (Å²) in [7, 11) is 3.47. The van der Waals surface area contributed by atoms with Crippen LogP contribution in [0.3, 0.4) is 0 Å². The van der Waals surface area contributed by atoms with Crippen molar-refractivity contribution in [3.8, 4) is 0 Å². The van der Waals surface area contributed by atoms with Crippen molar-refractivity contribution in [2.75, 3.05) is 25.6 Å². The summed E-state index contributed by atoms with van der Waals surface area (Å²) in [6, 6.07) is 6.42. The van der Waals surface area contributed by atoms with Crippen molar-refractivity contribution < 1.29 is 9.53 Å². The summed E-state index contributed by atoms with van der Waals surface area (Å²) >= 11 is 0. The Bertz CT molecular complexity index is 379. The molecule has 1 aromatic rings. The Labute approximate surface area is 110 Å². The second kappa shape index (κ2) is 7.04. The Balaban J connectivity index is 2.89. The number of para-hydroxylation sites is 1. The maximum atomic E-state index is 11.2. The first kappa shape index (κ1) is 14.6. The van der Waals surface area contributed by atoms with E-state index in [1.54, 1.807) is 0 Å². The normalized spacial score (nSPS) is 10.2. The van der Waals surface area contributed by atoms with E-state index in [0.29, 0.717) is 13.0 Å². The van der Waals surface area contributed by atoms with Crippen LogP contribution in [0.25, 0.3) is 0 Å². The Hall–Kier alpha value is -1.51. The summed E-state index contributed by atoms with van der Waals surface area (Å²) in [6.45, 7) is 5.01. The first-order valence-electron chi connectivity index (χ1n) is 6.52. The van der Waals surface area contributed by atoms with Gasteiger partial charge in [0, 0.05) is 19.3 Å². The smallest absolute Gasteiger partial charge is 0.307 e. The van der Waals surface area contributed by atoms with Crippen LogP contribution >= 0.6 is 0 Å². The Morgan fingerprint density at radius 3 is 2.22 bits per heavy atom. The molecule has 100 valence electrons. The molecule has 0 saturated heterocycles. The number of nitrogens with zero attached hydrogens (tertiary/aromatic N) is 1. The second-order valence-electron chi connectivity index (χ2n) is 4.38. The van der Waals surface area contributed by atoms with E-state index in [9.17, 15) is 4.79 Å². The third kappa shape index (κ3) is 3.49. The molecule has 0 saturated carbocycles. The fourth-order valence-electron chi connectivity index (χ4n) is 2.18. The van der Waals surface area contributed by atoms with Crippen LogP contribution in [0.1, 0.15) is 31.4 Å². The molecular weight excluding hydrogens is 226 g/mol. The molecule has 0 aliphatic carbocycles. The van der Waals surface area contributed by atoms with Crippen molar-refractivity contribution in [2.24, 2.45) is 0 Å². The van der Waals surface area contributed by atoms with Gasteiger partial charge in [-0.1, -0.05) is 32.0 Å². The minimum absolute atomic E-state index is 0.158. The van der Waals surface area contributed by atoms with Gasteiger partial charge in [0.05, 0.1) is 13.5 Å². The molecule has 0 unspecified atom stereocenters. The minimum Gasteiger partial charge on any atom is -0.469 e. The van der Waals surface area contributed by atoms with Crippen molar-refractivity contribution in [3.05, 3.63) is 29.3 Å². The molecular formula is C15H23NO2. The van der Waals surface area contributed by atoms with Gasteiger partial charge in [0.1, 0.15) is 0 Å². The van der Waals surface area contributed by atoms with Crippen molar-refractivity contribution >= 4 is 11.7 Å². The molecule has 1 rings (SSSR count). The molecule has 0 atom stereocenters. The van der Waals surface area contributed by atoms with Gasteiger partial charge in [0.2, 0.25) is 0 Å². The number of aryl methyl sites for hydroxylation is 2. The summed E-state index contributed by atoms with van der Waals surface area (Å²) in [5.41, 5.74) is 3.94. The summed E-state index contributed by atoms with van der Waals surface area (Å²) in [4.78, 5) is 13.4. The van der Waals surface area contributed by atoms with Crippen molar-refractivity contribution in [1.82, 2.24) is 0 Å². The summed E-state index contributed by atoms with van der Waals surface area (Å²) in [6.07, 6.45) is 2.44. The lowest BCUT2D eigenvalue weighted by Gasteiger charge is -2.24. The highest BCUT2D eigenvalue weighted by Crippen LogP contribution is 2.26. The molecule has 0 fully saturated rings. The highest BCUT2D eigenvalue weighted by atomic mass is 16.5. The highest BCUT2D eigenvalue weighted by molar-refractivity contribution is 5.70. The molecule has 3 heteroatoms. The lowest BCUT2D eigenvalue weighted by atomic mass is 10.0. The van der Waals surface area contributed by atoms with Crippen LogP contribution in [0.2, 0.25) is 0 Å². The zero-order valence-corrected chi connectivity index (χ0v) is 11.8. The molecule has 0 N–H and O–H groups in total. The number of ether oxygens (including phenoxy) is 1. The Morgan fingerprint density at radius 1 is 1.22 bits per heavy atom. The van der Waals surface area contributed by atoms with Crippen molar-refractivity contribution in [1.29, 1.82) is 0 Å². The fraction of sp³-hybridized carbons (Fsp3) is 0.533. The summed E-state index contributed by atoms with van der Waals surface area (Å²) < 4.78 is 4.68. The van der Waals surface area contributed by atoms with Gasteiger partial charge in [0.15, 0.2) is 0 Å². The molecule has 0 amide bonds. The topological polar surface area (TPSA) is 29.5 Å². The molecule has 1 aromatic carbocycles. The van der Waals surface area contributed by atoms with Crippen molar-refractivity contribution in [3.63, 3.8) is 0 Å². The van der Waals surface area contributed by atoms with Gasteiger partial charge in [-0.3, -0.25) is 4.79 Å². The standard InChI is InChI=1S/C15H23NO2/c1-5-12-8-7-9-13(6-2)15(12)16(3)11-10-14(17)18-4/h7-9H,5-6,10-11H2,1-4H3. The fourth-order valence-corrected chi connectivity index (χ4v) is 2.18. The molecule has 0 radical (unpaired) electrons. The zero-order chi connectivity index (χ0) is 13.5. The van der Waals surface area contributed by atoms with E-state index < -0.39 is 0 Å². The number of esters is 1. The predicted molar refractivity (Wildman–Crippen MR) is 75.1 cm³/mol. The molecule has 0 aliphatic rings. The van der Waals surface area contributed by atoms with Crippen LogP contribution in [-0.4, -0.2) is 26.7 Å². The first-order chi connectivity index (χ1) is 8.63. The number of carbonyl (C=O) groups excluding carboxylic acids is 1. The predicted octanol–water partition coefficient (Wildman–Crippen LogP) is 2.81. The van der Waals surface area contributed by atoms with Gasteiger partial charge in [0.25, 0.3) is 0 Å². The van der Waals surface area contributed by atoms with E-state index in [4.69, 9.17) is 0 Å². The van der Waals surface area contributed by atoms with Gasteiger partial charge >= 0.3 is 5.97 Å². The zero-order valence-electron chi connectivity index (χ0n) is 11.8. The second-order valence-corrected chi connectivity index (χ2v) is 4.38. The average molecular weight is 249 g/mol. The van der Waals surface area contributed by atoms with Crippen LogP contribution in [0.15, 0.2) is 18.2 Å². The number of carbonyl (C=O) groups is 1. The quantitative estimate of drug-likeness (QED) is 0.726. The molecule has 0 heterocycles. The van der Waals surface area contributed by atoms with Crippen LogP contribution in [0.4, 0.5) is 5.69 Å². The molecule has 3 nitrogen and oxygen atoms in total. The van der Waals surface area contributed by atoms with Crippen LogP contribution in [0.5, 0.6) is 0 Å².